The molecule has 2 amide bonds. The molecule has 32 heavy (non-hydrogen) atoms. The van der Waals surface area contributed by atoms with E-state index in [4.69, 9.17) is 4.74 Å². The Kier molecular flexibility index (Phi) is 9.14. The van der Waals surface area contributed by atoms with E-state index in [2.05, 4.69) is 12.2 Å². The minimum absolute atomic E-state index is 0.0480. The number of nitrogens with zero attached hydrogens (tertiary/aromatic N) is 1. The Hall–Kier alpha value is -2.82. The molecule has 172 valence electrons. The van der Waals surface area contributed by atoms with Crippen molar-refractivity contribution in [3.05, 3.63) is 65.7 Å². The third kappa shape index (κ3) is 6.84. The number of ether oxygens (including phenoxy) is 1. The molecule has 1 fully saturated rings. The smallest absolute Gasteiger partial charge is 0.261 e. The van der Waals surface area contributed by atoms with Crippen molar-refractivity contribution in [3.8, 4) is 5.75 Å². The van der Waals surface area contributed by atoms with Gasteiger partial charge in [-0.1, -0.05) is 69.2 Å². The molecule has 5 heteroatoms. The maximum Gasteiger partial charge on any atom is 0.261 e. The fourth-order valence-electron chi connectivity index (χ4n) is 4.31. The van der Waals surface area contributed by atoms with Crippen LogP contribution in [0, 0.1) is 0 Å². The van der Waals surface area contributed by atoms with Crippen LogP contribution >= 0.6 is 0 Å². The van der Waals surface area contributed by atoms with Crippen molar-refractivity contribution in [1.29, 1.82) is 0 Å². The van der Waals surface area contributed by atoms with Gasteiger partial charge in [0.05, 0.1) is 0 Å². The second-order valence-electron chi connectivity index (χ2n) is 8.52. The van der Waals surface area contributed by atoms with Crippen molar-refractivity contribution in [3.63, 3.8) is 0 Å². The van der Waals surface area contributed by atoms with E-state index in [0.717, 1.165) is 37.7 Å². The summed E-state index contributed by atoms with van der Waals surface area (Å²) in [5.74, 6) is 0.462. The number of hydrogen-bond donors (Lipinski definition) is 1. The Morgan fingerprint density at radius 2 is 1.69 bits per heavy atom. The van der Waals surface area contributed by atoms with Crippen LogP contribution in [0.15, 0.2) is 54.6 Å². The molecule has 0 heterocycles. The van der Waals surface area contributed by atoms with Crippen LogP contribution in [0.2, 0.25) is 0 Å². The molecule has 0 bridgehead atoms. The Morgan fingerprint density at radius 1 is 1.00 bits per heavy atom. The lowest BCUT2D eigenvalue weighted by molar-refractivity contribution is -0.142. The van der Waals surface area contributed by atoms with Gasteiger partial charge in [-0.2, -0.15) is 0 Å². The van der Waals surface area contributed by atoms with E-state index in [1.807, 2.05) is 61.5 Å². The van der Waals surface area contributed by atoms with Crippen LogP contribution in [0.1, 0.15) is 57.1 Å². The van der Waals surface area contributed by atoms with Gasteiger partial charge < -0.3 is 15.0 Å². The molecule has 0 unspecified atom stereocenters. The molecular weight excluding hydrogens is 400 g/mol. The summed E-state index contributed by atoms with van der Waals surface area (Å²) in [6, 6.07) is 17.6. The third-order valence-corrected chi connectivity index (χ3v) is 6.27. The zero-order valence-electron chi connectivity index (χ0n) is 19.4. The van der Waals surface area contributed by atoms with Crippen LogP contribution in [0.5, 0.6) is 5.75 Å². The van der Waals surface area contributed by atoms with Gasteiger partial charge >= 0.3 is 0 Å². The van der Waals surface area contributed by atoms with Gasteiger partial charge in [0.15, 0.2) is 6.61 Å². The fourth-order valence-corrected chi connectivity index (χ4v) is 4.31. The van der Waals surface area contributed by atoms with E-state index in [9.17, 15) is 9.59 Å². The number of benzene rings is 2. The average Bonchev–Trinajstić information content (AvgIpc) is 3.34. The van der Waals surface area contributed by atoms with Crippen LogP contribution in [-0.4, -0.2) is 41.9 Å². The molecule has 0 saturated heterocycles. The molecule has 0 spiro atoms. The highest BCUT2D eigenvalue weighted by molar-refractivity contribution is 5.88. The number of carbonyl (C=O) groups excluding carboxylic acids is 2. The molecule has 2 aromatic carbocycles. The Balaban J connectivity index is 1.68. The summed E-state index contributed by atoms with van der Waals surface area (Å²) < 4.78 is 5.79. The van der Waals surface area contributed by atoms with Gasteiger partial charge in [-0.25, -0.2) is 0 Å². The van der Waals surface area contributed by atoms with Gasteiger partial charge in [0.25, 0.3) is 5.91 Å². The molecule has 3 rings (SSSR count). The molecule has 1 N–H and O–H groups in total. The number of carbonyl (C=O) groups is 2. The van der Waals surface area contributed by atoms with E-state index in [1.165, 1.54) is 5.56 Å². The predicted octanol–water partition coefficient (Wildman–Crippen LogP) is 4.54. The summed E-state index contributed by atoms with van der Waals surface area (Å²) in [6.07, 6.45) is 6.59. The van der Waals surface area contributed by atoms with Gasteiger partial charge in [0.2, 0.25) is 5.91 Å². The lowest BCUT2D eigenvalue weighted by atomic mass is 10.1. The van der Waals surface area contributed by atoms with Gasteiger partial charge in [-0.05, 0) is 55.4 Å². The van der Waals surface area contributed by atoms with Crippen LogP contribution in [0.3, 0.4) is 0 Å². The van der Waals surface area contributed by atoms with Crippen molar-refractivity contribution in [2.24, 2.45) is 0 Å². The lowest BCUT2D eigenvalue weighted by Gasteiger charge is -2.31. The van der Waals surface area contributed by atoms with Gasteiger partial charge in [-0.15, -0.1) is 0 Å². The first-order valence-electron chi connectivity index (χ1n) is 12.0. The molecule has 1 saturated carbocycles. The average molecular weight is 437 g/mol. The molecule has 2 aromatic rings. The SMILES string of the molecule is CCc1ccc(OCC(=O)N(CCc2ccccc2)[C@@H](CC)C(=O)NC2CCCC2)cc1. The molecular formula is C27H36N2O3. The topological polar surface area (TPSA) is 58.6 Å². The zero-order valence-corrected chi connectivity index (χ0v) is 19.4. The lowest BCUT2D eigenvalue weighted by Crippen LogP contribution is -2.52. The standard InChI is InChI=1S/C27H36N2O3/c1-3-21-14-16-24(17-15-21)32-20-26(30)29(19-18-22-10-6-5-7-11-22)25(4-2)27(31)28-23-12-8-9-13-23/h5-7,10-11,14-17,23,25H,3-4,8-9,12-13,18-20H2,1-2H3,(H,28,31)/t25-/m0/s1. The first kappa shape index (κ1) is 23.8. The number of nitrogens with one attached hydrogen (secondary N) is 1. The minimum Gasteiger partial charge on any atom is -0.484 e. The Labute approximate surface area is 192 Å². The third-order valence-electron chi connectivity index (χ3n) is 6.27. The second kappa shape index (κ2) is 12.3. The summed E-state index contributed by atoms with van der Waals surface area (Å²) >= 11 is 0. The molecule has 1 aliphatic carbocycles. The quantitative estimate of drug-likeness (QED) is 0.563. The summed E-state index contributed by atoms with van der Waals surface area (Å²) in [4.78, 5) is 28.0. The highest BCUT2D eigenvalue weighted by atomic mass is 16.5. The van der Waals surface area contributed by atoms with E-state index < -0.39 is 6.04 Å². The first-order valence-corrected chi connectivity index (χ1v) is 12.0. The summed E-state index contributed by atoms with van der Waals surface area (Å²) in [6.45, 7) is 4.47. The highest BCUT2D eigenvalue weighted by Crippen LogP contribution is 2.19. The molecule has 5 nitrogen and oxygen atoms in total. The Bertz CT molecular complexity index is 845. The normalized spacial score (nSPS) is 14.7. The number of rotatable bonds is 11. The van der Waals surface area contributed by atoms with E-state index >= 15 is 0 Å². The predicted molar refractivity (Wildman–Crippen MR) is 128 cm³/mol. The van der Waals surface area contributed by atoms with Crippen LogP contribution in [0.4, 0.5) is 0 Å². The molecule has 0 radical (unpaired) electrons. The van der Waals surface area contributed by atoms with Gasteiger partial charge in [-0.3, -0.25) is 9.59 Å². The fraction of sp³-hybridized carbons (Fsp3) is 0.481. The monoisotopic (exact) mass is 436 g/mol. The van der Waals surface area contributed by atoms with E-state index in [-0.39, 0.29) is 24.5 Å². The molecule has 0 aliphatic heterocycles. The first-order chi connectivity index (χ1) is 15.6. The molecule has 0 aromatic heterocycles. The highest BCUT2D eigenvalue weighted by Gasteiger charge is 2.30. The van der Waals surface area contributed by atoms with Crippen molar-refractivity contribution < 1.29 is 14.3 Å². The summed E-state index contributed by atoms with van der Waals surface area (Å²) in [7, 11) is 0. The van der Waals surface area contributed by atoms with Crippen LogP contribution < -0.4 is 10.1 Å². The van der Waals surface area contributed by atoms with Gasteiger partial charge in [0, 0.05) is 12.6 Å². The number of amides is 2. The van der Waals surface area contributed by atoms with E-state index in [1.54, 1.807) is 4.90 Å². The van der Waals surface area contributed by atoms with Crippen molar-refractivity contribution in [2.75, 3.05) is 13.2 Å². The zero-order chi connectivity index (χ0) is 22.8. The van der Waals surface area contributed by atoms with Crippen molar-refractivity contribution >= 4 is 11.8 Å². The van der Waals surface area contributed by atoms with Crippen molar-refractivity contribution in [1.82, 2.24) is 10.2 Å². The molecule has 1 aliphatic rings. The van der Waals surface area contributed by atoms with Crippen LogP contribution in [0.25, 0.3) is 0 Å². The van der Waals surface area contributed by atoms with Crippen molar-refractivity contribution in [2.45, 2.75) is 70.9 Å². The summed E-state index contributed by atoms with van der Waals surface area (Å²) in [5, 5.41) is 3.18. The maximum atomic E-state index is 13.2. The maximum absolute atomic E-state index is 13.2. The summed E-state index contributed by atoms with van der Waals surface area (Å²) in [5.41, 5.74) is 2.37. The van der Waals surface area contributed by atoms with Gasteiger partial charge in [0.1, 0.15) is 11.8 Å². The largest absolute Gasteiger partial charge is 0.484 e. The number of aryl methyl sites for hydroxylation is 1. The molecule has 1 atom stereocenters. The number of hydrogen-bond acceptors (Lipinski definition) is 3. The minimum atomic E-state index is -0.488. The van der Waals surface area contributed by atoms with Crippen LogP contribution in [-0.2, 0) is 22.4 Å². The van der Waals surface area contributed by atoms with E-state index in [0.29, 0.717) is 25.1 Å². The Morgan fingerprint density at radius 3 is 2.31 bits per heavy atom. The second-order valence-corrected chi connectivity index (χ2v) is 8.52.